The van der Waals surface area contributed by atoms with Crippen molar-refractivity contribution >= 4 is 0 Å². The van der Waals surface area contributed by atoms with Gasteiger partial charge in [0.1, 0.15) is 0 Å². The molecule has 1 aliphatic heterocycles. The number of piperidine rings is 1. The smallest absolute Gasteiger partial charge is 0.0589 e. The van der Waals surface area contributed by atoms with E-state index in [9.17, 15) is 0 Å². The van der Waals surface area contributed by atoms with E-state index in [-0.39, 0.29) is 0 Å². The number of hydrogen-bond donors (Lipinski definition) is 2. The van der Waals surface area contributed by atoms with Crippen LogP contribution in [0.1, 0.15) is 66.7 Å². The van der Waals surface area contributed by atoms with Crippen LogP contribution in [0.5, 0.6) is 0 Å². The Morgan fingerprint density at radius 1 is 1.16 bits per heavy atom. The highest BCUT2D eigenvalue weighted by Gasteiger charge is 2.10. The quantitative estimate of drug-likeness (QED) is 0.830. The number of aliphatic hydroxyl groups excluding tert-OH is 1. The Morgan fingerprint density at radius 2 is 1.58 bits per heavy atom. The lowest BCUT2D eigenvalue weighted by Gasteiger charge is -2.26. The van der Waals surface area contributed by atoms with Crippen molar-refractivity contribution in [2.24, 2.45) is 5.92 Å². The van der Waals surface area contributed by atoms with Gasteiger partial charge >= 0.3 is 0 Å². The van der Waals surface area contributed by atoms with Gasteiger partial charge in [0.2, 0.25) is 0 Å². The fourth-order valence-electron chi connectivity index (χ4n) is 1.30. The van der Waals surface area contributed by atoms with E-state index >= 15 is 0 Å². The van der Waals surface area contributed by atoms with Gasteiger partial charge in [0.15, 0.2) is 0 Å². The Hall–Kier alpha value is -0.120. The SMILES string of the molecule is CC1CCN(C)CC1.CCC(C)(C)O.CCCCO. The van der Waals surface area contributed by atoms with E-state index in [1.54, 1.807) is 13.8 Å². The lowest BCUT2D eigenvalue weighted by Crippen LogP contribution is -2.28. The second kappa shape index (κ2) is 12.9. The first kappa shape index (κ1) is 21.2. The van der Waals surface area contributed by atoms with E-state index in [4.69, 9.17) is 10.2 Å². The zero-order valence-corrected chi connectivity index (χ0v) is 14.1. The van der Waals surface area contributed by atoms with Gasteiger partial charge in [-0.1, -0.05) is 27.2 Å². The molecule has 1 saturated heterocycles. The lowest BCUT2D eigenvalue weighted by molar-refractivity contribution is 0.0765. The summed E-state index contributed by atoms with van der Waals surface area (Å²) in [5.74, 6) is 0.978. The molecule has 0 aromatic rings. The summed E-state index contributed by atoms with van der Waals surface area (Å²) in [5, 5.41) is 16.9. The van der Waals surface area contributed by atoms with E-state index in [1.165, 1.54) is 25.9 Å². The summed E-state index contributed by atoms with van der Waals surface area (Å²) < 4.78 is 0. The van der Waals surface area contributed by atoms with Crippen LogP contribution in [0.2, 0.25) is 0 Å². The molecule has 2 N–H and O–H groups in total. The monoisotopic (exact) mass is 275 g/mol. The topological polar surface area (TPSA) is 43.7 Å². The molecule has 3 nitrogen and oxygen atoms in total. The van der Waals surface area contributed by atoms with Crippen LogP contribution >= 0.6 is 0 Å². The van der Waals surface area contributed by atoms with Gasteiger partial charge in [0, 0.05) is 6.61 Å². The zero-order valence-electron chi connectivity index (χ0n) is 14.1. The summed E-state index contributed by atoms with van der Waals surface area (Å²) in [5.41, 5.74) is -0.458. The maximum Gasteiger partial charge on any atom is 0.0589 e. The number of rotatable bonds is 3. The van der Waals surface area contributed by atoms with E-state index in [0.717, 1.165) is 25.2 Å². The number of nitrogens with zero attached hydrogens (tertiary/aromatic N) is 1. The van der Waals surface area contributed by atoms with Crippen LogP contribution in [0.25, 0.3) is 0 Å². The molecule has 0 aromatic carbocycles. The number of likely N-dealkylation sites (tertiary alicyclic amines) is 1. The second-order valence-corrected chi connectivity index (χ2v) is 6.23. The first-order valence-corrected chi connectivity index (χ1v) is 7.78. The molecule has 3 heteroatoms. The Labute approximate surface area is 121 Å². The maximum atomic E-state index is 8.83. The average molecular weight is 275 g/mol. The molecule has 0 spiro atoms. The van der Waals surface area contributed by atoms with Crippen LogP contribution in [-0.2, 0) is 0 Å². The van der Waals surface area contributed by atoms with Crippen LogP contribution in [0, 0.1) is 5.92 Å². The molecule has 19 heavy (non-hydrogen) atoms. The van der Waals surface area contributed by atoms with Gasteiger partial charge in [0.25, 0.3) is 0 Å². The van der Waals surface area contributed by atoms with Crippen LogP contribution in [-0.4, -0.2) is 47.5 Å². The normalized spacial score (nSPS) is 17.1. The standard InChI is InChI=1S/C7H15N.C5H12O.C4H10O/c1-7-3-5-8(2)6-4-7;1-4-5(2,3)6;1-2-3-4-5/h7H,3-6H2,1-2H3;6H,4H2,1-3H3;5H,2-4H2,1H3. The zero-order chi connectivity index (χ0) is 15.3. The molecule has 0 radical (unpaired) electrons. The van der Waals surface area contributed by atoms with E-state index in [1.807, 2.05) is 6.92 Å². The van der Waals surface area contributed by atoms with Crippen LogP contribution in [0.15, 0.2) is 0 Å². The summed E-state index contributed by atoms with van der Waals surface area (Å²) in [4.78, 5) is 2.40. The van der Waals surface area contributed by atoms with Crippen LogP contribution in [0.4, 0.5) is 0 Å². The molecule has 0 aliphatic carbocycles. The molecule has 0 amide bonds. The minimum atomic E-state index is -0.458. The molecule has 1 heterocycles. The maximum absolute atomic E-state index is 8.83. The molecule has 0 unspecified atom stereocenters. The van der Waals surface area contributed by atoms with Crippen molar-refractivity contribution in [3.63, 3.8) is 0 Å². The number of aliphatic hydroxyl groups is 2. The van der Waals surface area contributed by atoms with Crippen molar-refractivity contribution in [3.8, 4) is 0 Å². The Balaban J connectivity index is 0. The summed E-state index contributed by atoms with van der Waals surface area (Å²) in [6.07, 6.45) is 5.66. The first-order valence-electron chi connectivity index (χ1n) is 7.78. The molecule has 1 fully saturated rings. The van der Waals surface area contributed by atoms with Crippen molar-refractivity contribution in [1.29, 1.82) is 0 Å². The highest BCUT2D eigenvalue weighted by molar-refractivity contribution is 4.65. The molecule has 0 saturated carbocycles. The molecular formula is C16H37NO2. The van der Waals surface area contributed by atoms with E-state index in [0.29, 0.717) is 6.61 Å². The number of hydrogen-bond acceptors (Lipinski definition) is 3. The molecule has 0 bridgehead atoms. The third-order valence-corrected chi connectivity index (χ3v) is 3.38. The van der Waals surface area contributed by atoms with Gasteiger partial charge in [-0.2, -0.15) is 0 Å². The minimum Gasteiger partial charge on any atom is -0.396 e. The Morgan fingerprint density at radius 3 is 1.74 bits per heavy atom. The molecular weight excluding hydrogens is 238 g/mol. The van der Waals surface area contributed by atoms with E-state index in [2.05, 4.69) is 25.8 Å². The number of unbranched alkanes of at least 4 members (excludes halogenated alkanes) is 1. The summed E-state index contributed by atoms with van der Waals surface area (Å²) >= 11 is 0. The predicted molar refractivity (Wildman–Crippen MR) is 84.5 cm³/mol. The van der Waals surface area contributed by atoms with Crippen LogP contribution < -0.4 is 0 Å². The van der Waals surface area contributed by atoms with Gasteiger partial charge < -0.3 is 15.1 Å². The largest absolute Gasteiger partial charge is 0.396 e. The lowest BCUT2D eigenvalue weighted by atomic mass is 10.00. The Kier molecular flexibility index (Phi) is 14.4. The molecule has 1 rings (SSSR count). The molecule has 0 aromatic heterocycles. The highest BCUT2D eigenvalue weighted by atomic mass is 16.3. The van der Waals surface area contributed by atoms with Crippen molar-refractivity contribution in [2.45, 2.75) is 72.3 Å². The third-order valence-electron chi connectivity index (χ3n) is 3.38. The third kappa shape index (κ3) is 20.4. The van der Waals surface area contributed by atoms with E-state index < -0.39 is 5.60 Å². The average Bonchev–Trinajstić information content (AvgIpc) is 2.35. The summed E-state index contributed by atoms with van der Waals surface area (Å²) in [6, 6.07) is 0. The van der Waals surface area contributed by atoms with Gasteiger partial charge in [-0.05, 0) is 65.6 Å². The van der Waals surface area contributed by atoms with Crippen LogP contribution in [0.3, 0.4) is 0 Å². The van der Waals surface area contributed by atoms with Crippen molar-refractivity contribution < 1.29 is 10.2 Å². The van der Waals surface area contributed by atoms with Crippen molar-refractivity contribution in [2.75, 3.05) is 26.7 Å². The fourth-order valence-corrected chi connectivity index (χ4v) is 1.30. The predicted octanol–water partition coefficient (Wildman–Crippen LogP) is 3.29. The first-order chi connectivity index (χ1) is 8.76. The van der Waals surface area contributed by atoms with Gasteiger partial charge in [0.05, 0.1) is 5.60 Å². The summed E-state index contributed by atoms with van der Waals surface area (Å²) in [6.45, 7) is 12.9. The summed E-state index contributed by atoms with van der Waals surface area (Å²) in [7, 11) is 2.20. The van der Waals surface area contributed by atoms with Gasteiger partial charge in [-0.25, -0.2) is 0 Å². The Bertz CT molecular complexity index is 158. The molecule has 118 valence electrons. The molecule has 0 atom stereocenters. The van der Waals surface area contributed by atoms with Gasteiger partial charge in [-0.3, -0.25) is 0 Å². The molecule has 1 aliphatic rings. The fraction of sp³-hybridized carbons (Fsp3) is 1.00. The highest BCUT2D eigenvalue weighted by Crippen LogP contribution is 2.13. The minimum absolute atomic E-state index is 0.344. The van der Waals surface area contributed by atoms with Gasteiger partial charge in [-0.15, -0.1) is 0 Å². The second-order valence-electron chi connectivity index (χ2n) is 6.23. The van der Waals surface area contributed by atoms with Crippen molar-refractivity contribution in [3.05, 3.63) is 0 Å². The van der Waals surface area contributed by atoms with Crippen molar-refractivity contribution in [1.82, 2.24) is 4.90 Å².